The summed E-state index contributed by atoms with van der Waals surface area (Å²) in [6.45, 7) is 13.7. The molecular formula is C14H23BrN2O4. The van der Waals surface area contributed by atoms with Gasteiger partial charge in [-0.25, -0.2) is 6.57 Å². The van der Waals surface area contributed by atoms with Gasteiger partial charge in [-0.2, -0.15) is 5.26 Å². The number of rotatable bonds is 3. The lowest BCUT2D eigenvalue weighted by Gasteiger charge is -2.13. The monoisotopic (exact) mass is 362 g/mol. The molecule has 0 aliphatic heterocycles. The van der Waals surface area contributed by atoms with Crippen molar-refractivity contribution < 1.29 is 19.1 Å². The van der Waals surface area contributed by atoms with E-state index in [0.29, 0.717) is 5.33 Å². The van der Waals surface area contributed by atoms with Gasteiger partial charge in [0, 0.05) is 0 Å². The molecule has 0 heterocycles. The van der Waals surface area contributed by atoms with Crippen molar-refractivity contribution in [2.75, 3.05) is 26.1 Å². The van der Waals surface area contributed by atoms with Gasteiger partial charge in [0.1, 0.15) is 5.41 Å². The molecule has 0 unspecified atom stereocenters. The first-order chi connectivity index (χ1) is 9.64. The van der Waals surface area contributed by atoms with E-state index < -0.39 is 5.41 Å². The summed E-state index contributed by atoms with van der Waals surface area (Å²) >= 11 is 2.89. The Labute approximate surface area is 135 Å². The molecule has 0 aliphatic rings. The standard InChI is InChI=1S/C7H11NO2.C5H10O2.C2H2BrN/c1-7(2,5-8-3)6(9)10-4;1-4(2)5(6)7-3;3-1-2-4/h5H2,1-2,4H3;4H,1-3H3;1H2. The molecule has 0 aliphatic carbocycles. The van der Waals surface area contributed by atoms with Crippen molar-refractivity contribution in [1.82, 2.24) is 0 Å². The quantitative estimate of drug-likeness (QED) is 0.438. The summed E-state index contributed by atoms with van der Waals surface area (Å²) in [5.41, 5.74) is -0.656. The van der Waals surface area contributed by atoms with Gasteiger partial charge in [-0.1, -0.05) is 29.8 Å². The second kappa shape index (κ2) is 14.8. The lowest BCUT2D eigenvalue weighted by Crippen LogP contribution is -2.27. The van der Waals surface area contributed by atoms with Gasteiger partial charge in [0.25, 0.3) is 0 Å². The molecule has 6 nitrogen and oxygen atoms in total. The Morgan fingerprint density at radius 2 is 1.76 bits per heavy atom. The molecule has 0 saturated heterocycles. The Bertz CT molecular complexity index is 381. The summed E-state index contributed by atoms with van der Waals surface area (Å²) in [5.74, 6) is -0.478. The Kier molecular flexibility index (Phi) is 17.2. The van der Waals surface area contributed by atoms with Crippen LogP contribution in [0.25, 0.3) is 4.85 Å². The number of nitrogens with zero attached hydrogens (tertiary/aromatic N) is 2. The fourth-order valence-electron chi connectivity index (χ4n) is 0.774. The van der Waals surface area contributed by atoms with E-state index >= 15 is 0 Å². The molecule has 0 amide bonds. The van der Waals surface area contributed by atoms with Gasteiger partial charge in [0.15, 0.2) is 0 Å². The Hall–Kier alpha value is -1.60. The number of hydrogen-bond acceptors (Lipinski definition) is 5. The van der Waals surface area contributed by atoms with E-state index in [4.69, 9.17) is 11.8 Å². The number of carbonyl (C=O) groups excluding carboxylic acids is 2. The second-order valence-electron chi connectivity index (χ2n) is 4.66. The van der Waals surface area contributed by atoms with Crippen LogP contribution >= 0.6 is 15.9 Å². The molecule has 0 aromatic heterocycles. The maximum absolute atomic E-state index is 10.9. The van der Waals surface area contributed by atoms with Crippen molar-refractivity contribution in [2.45, 2.75) is 27.7 Å². The maximum Gasteiger partial charge on any atom is 0.318 e. The number of methoxy groups -OCH3 is 2. The molecule has 0 saturated carbocycles. The Morgan fingerprint density at radius 3 is 1.90 bits per heavy atom. The molecule has 0 radical (unpaired) electrons. The number of esters is 2. The first-order valence-electron chi connectivity index (χ1n) is 6.06. The van der Waals surface area contributed by atoms with Crippen LogP contribution in [0.15, 0.2) is 0 Å². The normalized spacial score (nSPS) is 8.86. The van der Waals surface area contributed by atoms with Crippen LogP contribution < -0.4 is 0 Å². The summed E-state index contributed by atoms with van der Waals surface area (Å²) < 4.78 is 8.86. The first-order valence-corrected chi connectivity index (χ1v) is 7.19. The molecule has 0 fully saturated rings. The summed E-state index contributed by atoms with van der Waals surface area (Å²) in [7, 11) is 2.72. The molecule has 120 valence electrons. The van der Waals surface area contributed by atoms with E-state index in [1.54, 1.807) is 27.7 Å². The second-order valence-corrected chi connectivity index (χ2v) is 5.22. The number of carbonyl (C=O) groups is 2. The molecule has 0 aromatic rings. The number of halogens is 1. The fourth-order valence-corrected chi connectivity index (χ4v) is 0.774. The molecule has 21 heavy (non-hydrogen) atoms. The van der Waals surface area contributed by atoms with Crippen LogP contribution in [0.4, 0.5) is 0 Å². The smallest absolute Gasteiger partial charge is 0.318 e. The number of nitriles is 1. The molecule has 0 bridgehead atoms. The van der Waals surface area contributed by atoms with Crippen LogP contribution in [0.1, 0.15) is 27.7 Å². The van der Waals surface area contributed by atoms with Gasteiger partial charge in [-0.3, -0.25) is 9.59 Å². The van der Waals surface area contributed by atoms with Gasteiger partial charge in [-0.05, 0) is 13.8 Å². The minimum Gasteiger partial charge on any atom is -0.469 e. The van der Waals surface area contributed by atoms with Crippen LogP contribution in [0.3, 0.4) is 0 Å². The van der Waals surface area contributed by atoms with Crippen LogP contribution in [-0.2, 0) is 19.1 Å². The molecule has 0 N–H and O–H groups in total. The summed E-state index contributed by atoms with van der Waals surface area (Å²) in [6, 6.07) is 1.85. The molecular weight excluding hydrogens is 340 g/mol. The predicted molar refractivity (Wildman–Crippen MR) is 83.5 cm³/mol. The average molecular weight is 363 g/mol. The third-order valence-corrected chi connectivity index (χ3v) is 2.20. The highest BCUT2D eigenvalue weighted by molar-refractivity contribution is 9.09. The van der Waals surface area contributed by atoms with Crippen molar-refractivity contribution in [3.8, 4) is 6.07 Å². The zero-order valence-electron chi connectivity index (χ0n) is 13.4. The van der Waals surface area contributed by atoms with E-state index in [-0.39, 0.29) is 24.4 Å². The summed E-state index contributed by atoms with van der Waals surface area (Å²) in [5, 5.41) is 8.02. The van der Waals surface area contributed by atoms with E-state index in [2.05, 4.69) is 30.2 Å². The van der Waals surface area contributed by atoms with Crippen molar-refractivity contribution in [3.63, 3.8) is 0 Å². The highest BCUT2D eigenvalue weighted by Crippen LogP contribution is 2.16. The first kappa shape index (κ1) is 24.4. The van der Waals surface area contributed by atoms with Crippen molar-refractivity contribution in [1.29, 1.82) is 5.26 Å². The summed E-state index contributed by atoms with van der Waals surface area (Å²) in [6.07, 6.45) is 0. The van der Waals surface area contributed by atoms with E-state index in [1.807, 2.05) is 6.07 Å². The minimum atomic E-state index is -0.656. The van der Waals surface area contributed by atoms with Crippen molar-refractivity contribution in [2.24, 2.45) is 11.3 Å². The van der Waals surface area contributed by atoms with Crippen LogP contribution in [0, 0.1) is 29.2 Å². The van der Waals surface area contributed by atoms with Crippen LogP contribution in [0.2, 0.25) is 0 Å². The highest BCUT2D eigenvalue weighted by atomic mass is 79.9. The van der Waals surface area contributed by atoms with Gasteiger partial charge < -0.3 is 14.3 Å². The lowest BCUT2D eigenvalue weighted by atomic mass is 9.94. The van der Waals surface area contributed by atoms with Crippen molar-refractivity contribution >= 4 is 27.9 Å². The Morgan fingerprint density at radius 1 is 1.33 bits per heavy atom. The highest BCUT2D eigenvalue weighted by Gasteiger charge is 2.31. The number of alkyl halides is 1. The number of hydrogen-bond donors (Lipinski definition) is 0. The third-order valence-electron chi connectivity index (χ3n) is 1.94. The van der Waals surface area contributed by atoms with E-state index in [0.717, 1.165) is 0 Å². The zero-order chi connectivity index (χ0) is 17.5. The predicted octanol–water partition coefficient (Wildman–Crippen LogP) is 2.83. The zero-order valence-corrected chi connectivity index (χ0v) is 15.0. The minimum absolute atomic E-state index is 0.00463. The van der Waals surface area contributed by atoms with Gasteiger partial charge in [-0.15, -0.1) is 0 Å². The van der Waals surface area contributed by atoms with Gasteiger partial charge in [0.05, 0.1) is 31.5 Å². The third kappa shape index (κ3) is 16.3. The molecule has 0 atom stereocenters. The molecule has 0 spiro atoms. The van der Waals surface area contributed by atoms with Gasteiger partial charge >= 0.3 is 11.9 Å². The summed E-state index contributed by atoms with van der Waals surface area (Å²) in [4.78, 5) is 24.3. The van der Waals surface area contributed by atoms with E-state index in [1.165, 1.54) is 14.2 Å². The molecule has 7 heteroatoms. The molecule has 0 rings (SSSR count). The lowest BCUT2D eigenvalue weighted by molar-refractivity contribution is -0.149. The largest absolute Gasteiger partial charge is 0.469 e. The van der Waals surface area contributed by atoms with Crippen molar-refractivity contribution in [3.05, 3.63) is 11.4 Å². The van der Waals surface area contributed by atoms with E-state index in [9.17, 15) is 9.59 Å². The fraction of sp³-hybridized carbons (Fsp3) is 0.714. The number of ether oxygens (including phenoxy) is 2. The molecule has 0 aromatic carbocycles. The van der Waals surface area contributed by atoms with Crippen LogP contribution in [0.5, 0.6) is 0 Å². The van der Waals surface area contributed by atoms with Gasteiger partial charge in [0.2, 0.25) is 6.54 Å². The maximum atomic E-state index is 10.9. The topological polar surface area (TPSA) is 80.8 Å². The Balaban J connectivity index is -0.000000256. The van der Waals surface area contributed by atoms with Crippen LogP contribution in [-0.4, -0.2) is 38.0 Å². The average Bonchev–Trinajstić information content (AvgIpc) is 2.46. The SMILES string of the molecule is COC(=O)C(C)C.N#CCBr.[C-]#[N+]CC(C)(C)C(=O)OC.